The highest BCUT2D eigenvalue weighted by molar-refractivity contribution is 7.07. The van der Waals surface area contributed by atoms with E-state index in [-0.39, 0.29) is 17.3 Å². The number of nitrogens with zero attached hydrogens (tertiary/aromatic N) is 3. The number of benzene rings is 3. The minimum absolute atomic E-state index is 0.0860. The molecule has 5 aromatic rings. The number of hydrogen-bond donors (Lipinski definition) is 0. The highest BCUT2D eigenvalue weighted by atomic mass is 35.5. The monoisotopic (exact) mass is 565 g/mol. The molecule has 0 unspecified atom stereocenters. The van der Waals surface area contributed by atoms with Crippen LogP contribution in [0.2, 0.25) is 5.02 Å². The van der Waals surface area contributed by atoms with E-state index in [0.29, 0.717) is 31.4 Å². The molecule has 9 heteroatoms. The van der Waals surface area contributed by atoms with Gasteiger partial charge in [0.15, 0.2) is 4.80 Å². The Labute approximate surface area is 236 Å². The number of aromatic nitrogens is 1. The third-order valence-electron chi connectivity index (χ3n) is 7.31. The number of nitro groups is 1. The van der Waals surface area contributed by atoms with Crippen molar-refractivity contribution in [3.05, 3.63) is 148 Å². The predicted molar refractivity (Wildman–Crippen MR) is 155 cm³/mol. The van der Waals surface area contributed by atoms with Crippen LogP contribution in [0.5, 0.6) is 0 Å². The van der Waals surface area contributed by atoms with E-state index in [2.05, 4.69) is 30.3 Å². The van der Waals surface area contributed by atoms with Gasteiger partial charge in [0.25, 0.3) is 11.2 Å². The molecular formula is C31H20ClN3O4S. The van der Waals surface area contributed by atoms with Crippen LogP contribution in [0.25, 0.3) is 23.1 Å². The molecule has 7 nitrogen and oxygen atoms in total. The SMILES string of the molecule is O=c1/c(=C/c2ccc(-c3cc([N+](=O)[O-])ccc3Cl)o2)sc2n1[C@H](c1ccccc1)C1=C(N=2)c2ccccc2CC1. The molecule has 0 N–H and O–H groups in total. The van der Waals surface area contributed by atoms with E-state index in [4.69, 9.17) is 21.0 Å². The highest BCUT2D eigenvalue weighted by Crippen LogP contribution is 2.41. The fraction of sp³-hybridized carbons (Fsp3) is 0.0968. The zero-order valence-electron chi connectivity index (χ0n) is 20.9. The molecule has 3 aromatic carbocycles. The summed E-state index contributed by atoms with van der Waals surface area (Å²) in [5.41, 5.74) is 5.69. The van der Waals surface area contributed by atoms with Crippen molar-refractivity contribution < 1.29 is 9.34 Å². The van der Waals surface area contributed by atoms with Gasteiger partial charge in [0, 0.05) is 29.3 Å². The third kappa shape index (κ3) is 4.04. The Morgan fingerprint density at radius 3 is 2.62 bits per heavy atom. The average molecular weight is 566 g/mol. The first-order chi connectivity index (χ1) is 19.5. The number of rotatable bonds is 4. The van der Waals surface area contributed by atoms with Gasteiger partial charge in [0.05, 0.1) is 26.2 Å². The van der Waals surface area contributed by atoms with E-state index >= 15 is 0 Å². The van der Waals surface area contributed by atoms with Crippen LogP contribution in [0.4, 0.5) is 5.69 Å². The lowest BCUT2D eigenvalue weighted by atomic mass is 9.83. The van der Waals surface area contributed by atoms with Crippen LogP contribution in [0.15, 0.2) is 105 Å². The van der Waals surface area contributed by atoms with E-state index in [1.807, 2.05) is 24.3 Å². The van der Waals surface area contributed by atoms with Crippen LogP contribution in [-0.4, -0.2) is 9.49 Å². The third-order valence-corrected chi connectivity index (χ3v) is 8.63. The Balaban J connectivity index is 1.38. The normalized spacial score (nSPS) is 16.2. The molecule has 0 saturated carbocycles. The van der Waals surface area contributed by atoms with Crippen molar-refractivity contribution in [3.63, 3.8) is 0 Å². The number of furan rings is 1. The molecule has 3 heterocycles. The Kier molecular flexibility index (Phi) is 5.87. The molecule has 0 radical (unpaired) electrons. The van der Waals surface area contributed by atoms with Crippen molar-refractivity contribution in [2.24, 2.45) is 4.99 Å². The first-order valence-corrected chi connectivity index (χ1v) is 13.9. The summed E-state index contributed by atoms with van der Waals surface area (Å²) >= 11 is 7.63. The molecule has 2 aliphatic rings. The quantitative estimate of drug-likeness (QED) is 0.193. The highest BCUT2D eigenvalue weighted by Gasteiger charge is 2.32. The van der Waals surface area contributed by atoms with Crippen molar-refractivity contribution in [1.29, 1.82) is 0 Å². The number of allylic oxidation sites excluding steroid dienone is 1. The second-order valence-corrected chi connectivity index (χ2v) is 11.1. The van der Waals surface area contributed by atoms with E-state index in [9.17, 15) is 14.9 Å². The molecule has 0 fully saturated rings. The minimum Gasteiger partial charge on any atom is -0.457 e. The van der Waals surface area contributed by atoms with Gasteiger partial charge in [-0.05, 0) is 47.7 Å². The van der Waals surface area contributed by atoms with Crippen molar-refractivity contribution in [2.45, 2.75) is 18.9 Å². The van der Waals surface area contributed by atoms with Crippen molar-refractivity contribution >= 4 is 40.4 Å². The number of non-ortho nitro benzene ring substituents is 1. The average Bonchev–Trinajstić information content (AvgIpc) is 3.56. The Bertz CT molecular complexity index is 2040. The van der Waals surface area contributed by atoms with E-state index in [0.717, 1.165) is 35.2 Å². The standard InChI is InChI=1S/C31H20ClN3O4S/c32-25-14-11-20(35(37)38)16-24(25)26-15-12-21(39-26)17-27-30(36)34-29(19-7-2-1-3-8-19)23-13-10-18-6-4-5-9-22(18)28(23)33-31(34)40-27/h1-9,11-12,14-17,29H,10,13H2/b27-17-/t29-/m1/s1. The Morgan fingerprint density at radius 2 is 1.80 bits per heavy atom. The van der Waals surface area contributed by atoms with Crippen LogP contribution in [-0.2, 0) is 6.42 Å². The van der Waals surface area contributed by atoms with E-state index < -0.39 is 4.92 Å². The number of thiazole rings is 1. The Hall–Kier alpha value is -4.53. The van der Waals surface area contributed by atoms with Crippen molar-refractivity contribution in [2.75, 3.05) is 0 Å². The van der Waals surface area contributed by atoms with Gasteiger partial charge in [-0.1, -0.05) is 77.5 Å². The largest absolute Gasteiger partial charge is 0.457 e. The summed E-state index contributed by atoms with van der Waals surface area (Å²) in [5, 5.41) is 11.6. The van der Waals surface area contributed by atoms with Gasteiger partial charge >= 0.3 is 0 Å². The lowest BCUT2D eigenvalue weighted by molar-refractivity contribution is -0.384. The number of aryl methyl sites for hydroxylation is 1. The molecule has 1 aliphatic heterocycles. The van der Waals surface area contributed by atoms with Crippen LogP contribution in [0.3, 0.4) is 0 Å². The van der Waals surface area contributed by atoms with Gasteiger partial charge in [-0.3, -0.25) is 19.5 Å². The Morgan fingerprint density at radius 1 is 1.00 bits per heavy atom. The summed E-state index contributed by atoms with van der Waals surface area (Å²) < 4.78 is 8.26. The summed E-state index contributed by atoms with van der Waals surface area (Å²) in [6.07, 6.45) is 3.41. The second-order valence-electron chi connectivity index (χ2n) is 9.65. The summed E-state index contributed by atoms with van der Waals surface area (Å²) in [5.74, 6) is 0.815. The van der Waals surface area contributed by atoms with Crippen LogP contribution < -0.4 is 14.9 Å². The van der Waals surface area contributed by atoms with Gasteiger partial charge < -0.3 is 4.42 Å². The molecule has 0 bridgehead atoms. The lowest BCUT2D eigenvalue weighted by Gasteiger charge is -2.30. The molecule has 1 atom stereocenters. The van der Waals surface area contributed by atoms with Gasteiger partial charge in [-0.25, -0.2) is 4.99 Å². The van der Waals surface area contributed by atoms with Crippen LogP contribution >= 0.6 is 22.9 Å². The summed E-state index contributed by atoms with van der Waals surface area (Å²) in [6, 6.07) is 25.7. The van der Waals surface area contributed by atoms with E-state index in [1.165, 1.54) is 35.1 Å². The molecule has 1 aliphatic carbocycles. The zero-order valence-corrected chi connectivity index (χ0v) is 22.5. The van der Waals surface area contributed by atoms with Crippen molar-refractivity contribution in [3.8, 4) is 11.3 Å². The van der Waals surface area contributed by atoms with Gasteiger partial charge in [0.1, 0.15) is 11.5 Å². The molecular weight excluding hydrogens is 546 g/mol. The number of hydrogen-bond acceptors (Lipinski definition) is 6. The van der Waals surface area contributed by atoms with E-state index in [1.54, 1.807) is 22.8 Å². The molecule has 2 aromatic heterocycles. The first-order valence-electron chi connectivity index (χ1n) is 12.7. The molecule has 0 saturated heterocycles. The van der Waals surface area contributed by atoms with Crippen LogP contribution in [0.1, 0.15) is 34.9 Å². The van der Waals surface area contributed by atoms with Crippen molar-refractivity contribution in [1.82, 2.24) is 4.57 Å². The molecule has 7 rings (SSSR count). The van der Waals surface area contributed by atoms with Crippen LogP contribution in [0, 0.1) is 10.1 Å². The molecule has 40 heavy (non-hydrogen) atoms. The topological polar surface area (TPSA) is 90.6 Å². The van der Waals surface area contributed by atoms with Gasteiger partial charge in [-0.2, -0.15) is 0 Å². The molecule has 196 valence electrons. The summed E-state index contributed by atoms with van der Waals surface area (Å²) in [4.78, 5) is 30.3. The molecule has 0 amide bonds. The summed E-state index contributed by atoms with van der Waals surface area (Å²) in [6.45, 7) is 0. The smallest absolute Gasteiger partial charge is 0.271 e. The number of nitro benzene ring substituents is 1. The molecule has 0 spiro atoms. The fourth-order valence-electron chi connectivity index (χ4n) is 5.48. The lowest BCUT2D eigenvalue weighted by Crippen LogP contribution is -2.38. The fourth-order valence-corrected chi connectivity index (χ4v) is 6.67. The maximum atomic E-state index is 13.9. The summed E-state index contributed by atoms with van der Waals surface area (Å²) in [7, 11) is 0. The minimum atomic E-state index is -0.481. The number of halogens is 1. The van der Waals surface area contributed by atoms with Gasteiger partial charge in [-0.15, -0.1) is 0 Å². The zero-order chi connectivity index (χ0) is 27.4. The first kappa shape index (κ1) is 24.5. The van der Waals surface area contributed by atoms with Gasteiger partial charge in [0.2, 0.25) is 0 Å². The maximum absolute atomic E-state index is 13.9. The predicted octanol–water partition coefficient (Wildman–Crippen LogP) is 6.14. The maximum Gasteiger partial charge on any atom is 0.271 e. The number of fused-ring (bicyclic) bond motifs is 3. The second kappa shape index (κ2) is 9.59.